The van der Waals surface area contributed by atoms with Gasteiger partial charge in [-0.05, 0) is 36.2 Å². The first-order valence-electron chi connectivity index (χ1n) is 7.96. The minimum absolute atomic E-state index is 0.109. The van der Waals surface area contributed by atoms with Crippen molar-refractivity contribution in [3.8, 4) is 11.5 Å². The Hall–Kier alpha value is -2.85. The maximum Gasteiger partial charge on any atom is 0.155 e. The Morgan fingerprint density at radius 3 is 2.58 bits per heavy atom. The van der Waals surface area contributed by atoms with Gasteiger partial charge in [0.1, 0.15) is 18.1 Å². The lowest BCUT2D eigenvalue weighted by Crippen LogP contribution is -2.03. The van der Waals surface area contributed by atoms with Crippen LogP contribution in [-0.4, -0.2) is 14.9 Å². The summed E-state index contributed by atoms with van der Waals surface area (Å²) < 4.78 is 7.70. The van der Waals surface area contributed by atoms with Crippen LogP contribution in [0.15, 0.2) is 65.1 Å². The van der Waals surface area contributed by atoms with Crippen molar-refractivity contribution in [3.05, 3.63) is 77.6 Å². The minimum Gasteiger partial charge on any atom is -0.457 e. The minimum atomic E-state index is -0.109. The highest BCUT2D eigenvalue weighted by atomic mass is 16.4. The van der Waals surface area contributed by atoms with Gasteiger partial charge in [0.05, 0.1) is 12.1 Å². The summed E-state index contributed by atoms with van der Waals surface area (Å²) in [5.74, 6) is 1.22. The van der Waals surface area contributed by atoms with Crippen LogP contribution in [0.3, 0.4) is 0 Å². The molecule has 0 amide bonds. The summed E-state index contributed by atoms with van der Waals surface area (Å²) in [4.78, 5) is 0. The number of hydrogen-bond acceptors (Lipinski definition) is 3. The SMILES string of the molecule is Cc1ccccc1Cn1nc(-c2ccc(CO)o2)c2ccccc21. The van der Waals surface area contributed by atoms with E-state index in [9.17, 15) is 5.11 Å². The van der Waals surface area contributed by atoms with Crippen molar-refractivity contribution in [2.75, 3.05) is 0 Å². The predicted octanol–water partition coefficient (Wildman–Crippen LogP) is 4.15. The second-order valence-electron chi connectivity index (χ2n) is 5.87. The van der Waals surface area contributed by atoms with Crippen LogP contribution in [0.1, 0.15) is 16.9 Å². The number of fused-ring (bicyclic) bond motifs is 1. The number of furan rings is 1. The van der Waals surface area contributed by atoms with Gasteiger partial charge in [-0.15, -0.1) is 0 Å². The second kappa shape index (κ2) is 5.98. The molecule has 0 radical (unpaired) electrons. The number of para-hydroxylation sites is 1. The highest BCUT2D eigenvalue weighted by Crippen LogP contribution is 2.30. The van der Waals surface area contributed by atoms with Crippen molar-refractivity contribution in [1.29, 1.82) is 0 Å². The van der Waals surface area contributed by atoms with Crippen molar-refractivity contribution in [2.24, 2.45) is 0 Å². The third-order valence-electron chi connectivity index (χ3n) is 4.29. The first-order chi connectivity index (χ1) is 11.8. The lowest BCUT2D eigenvalue weighted by atomic mass is 10.1. The molecule has 0 aliphatic rings. The molecular weight excluding hydrogens is 300 g/mol. The number of hydrogen-bond donors (Lipinski definition) is 1. The maximum absolute atomic E-state index is 9.22. The van der Waals surface area contributed by atoms with Gasteiger partial charge in [0, 0.05) is 5.39 Å². The van der Waals surface area contributed by atoms with Gasteiger partial charge >= 0.3 is 0 Å². The number of rotatable bonds is 4. The Morgan fingerprint density at radius 1 is 1.00 bits per heavy atom. The molecular formula is C20H18N2O2. The maximum atomic E-state index is 9.22. The summed E-state index contributed by atoms with van der Waals surface area (Å²) >= 11 is 0. The van der Waals surface area contributed by atoms with Crippen molar-refractivity contribution in [3.63, 3.8) is 0 Å². The molecule has 1 N–H and O–H groups in total. The monoisotopic (exact) mass is 318 g/mol. The molecule has 0 fully saturated rings. The molecule has 2 aromatic heterocycles. The average Bonchev–Trinajstić information content (AvgIpc) is 3.22. The molecule has 0 aliphatic carbocycles. The molecule has 0 saturated carbocycles. The Labute approximate surface area is 140 Å². The van der Waals surface area contributed by atoms with Crippen molar-refractivity contribution < 1.29 is 9.52 Å². The normalized spacial score (nSPS) is 11.2. The number of aromatic nitrogens is 2. The summed E-state index contributed by atoms with van der Waals surface area (Å²) in [6.07, 6.45) is 0. The average molecular weight is 318 g/mol. The van der Waals surface area contributed by atoms with Crippen LogP contribution in [0.2, 0.25) is 0 Å². The first kappa shape index (κ1) is 14.7. The number of aryl methyl sites for hydroxylation is 1. The quantitative estimate of drug-likeness (QED) is 0.615. The zero-order chi connectivity index (χ0) is 16.5. The van der Waals surface area contributed by atoms with Gasteiger partial charge in [-0.1, -0.05) is 42.5 Å². The largest absolute Gasteiger partial charge is 0.457 e. The van der Waals surface area contributed by atoms with E-state index in [-0.39, 0.29) is 6.61 Å². The van der Waals surface area contributed by atoms with Crippen molar-refractivity contribution in [1.82, 2.24) is 9.78 Å². The number of aliphatic hydroxyl groups is 1. The molecule has 4 heteroatoms. The smallest absolute Gasteiger partial charge is 0.155 e. The van der Waals surface area contributed by atoms with Crippen LogP contribution >= 0.6 is 0 Å². The third kappa shape index (κ3) is 2.51. The molecule has 2 heterocycles. The zero-order valence-electron chi connectivity index (χ0n) is 13.4. The van der Waals surface area contributed by atoms with Crippen molar-refractivity contribution in [2.45, 2.75) is 20.1 Å². The topological polar surface area (TPSA) is 51.2 Å². The van der Waals surface area contributed by atoms with E-state index in [4.69, 9.17) is 9.52 Å². The molecule has 24 heavy (non-hydrogen) atoms. The standard InChI is InChI=1S/C20H18N2O2/c1-14-6-2-3-7-15(14)12-22-18-9-5-4-8-17(18)20(21-22)19-11-10-16(13-23)24-19/h2-11,23H,12-13H2,1H3. The number of aliphatic hydroxyl groups excluding tert-OH is 1. The lowest BCUT2D eigenvalue weighted by Gasteiger charge is -2.06. The summed E-state index contributed by atoms with van der Waals surface area (Å²) in [5.41, 5.74) is 4.36. The molecule has 0 bridgehead atoms. The Bertz CT molecular complexity index is 998. The van der Waals surface area contributed by atoms with E-state index in [0.717, 1.165) is 16.6 Å². The van der Waals surface area contributed by atoms with Gasteiger partial charge < -0.3 is 9.52 Å². The molecule has 0 atom stereocenters. The molecule has 0 aliphatic heterocycles. The Balaban J connectivity index is 1.83. The molecule has 0 saturated heterocycles. The Kier molecular flexibility index (Phi) is 3.67. The molecule has 0 spiro atoms. The first-order valence-corrected chi connectivity index (χ1v) is 7.96. The molecule has 4 nitrogen and oxygen atoms in total. The fourth-order valence-electron chi connectivity index (χ4n) is 2.97. The second-order valence-corrected chi connectivity index (χ2v) is 5.87. The van der Waals surface area contributed by atoms with Crippen molar-refractivity contribution >= 4 is 10.9 Å². The van der Waals surface area contributed by atoms with Crippen LogP contribution < -0.4 is 0 Å². The van der Waals surface area contributed by atoms with E-state index >= 15 is 0 Å². The van der Waals surface area contributed by atoms with Gasteiger partial charge in [-0.3, -0.25) is 4.68 Å². The van der Waals surface area contributed by atoms with E-state index in [0.29, 0.717) is 18.1 Å². The number of nitrogens with zero attached hydrogens (tertiary/aromatic N) is 2. The van der Waals surface area contributed by atoms with Crippen LogP contribution in [0, 0.1) is 6.92 Å². The van der Waals surface area contributed by atoms with E-state index in [1.165, 1.54) is 11.1 Å². The van der Waals surface area contributed by atoms with Gasteiger partial charge in [0.25, 0.3) is 0 Å². The summed E-state index contributed by atoms with van der Waals surface area (Å²) in [7, 11) is 0. The predicted molar refractivity (Wildman–Crippen MR) is 93.6 cm³/mol. The van der Waals surface area contributed by atoms with E-state index in [2.05, 4.69) is 31.2 Å². The summed E-state index contributed by atoms with van der Waals surface area (Å²) in [5, 5.41) is 15.1. The third-order valence-corrected chi connectivity index (χ3v) is 4.29. The summed E-state index contributed by atoms with van der Waals surface area (Å²) in [6, 6.07) is 20.1. The fourth-order valence-corrected chi connectivity index (χ4v) is 2.97. The van der Waals surface area contributed by atoms with Crippen LogP contribution in [0.25, 0.3) is 22.4 Å². The highest BCUT2D eigenvalue weighted by Gasteiger charge is 2.15. The molecule has 2 aromatic carbocycles. The molecule has 0 unspecified atom stereocenters. The van der Waals surface area contributed by atoms with Crippen LogP contribution in [0.5, 0.6) is 0 Å². The van der Waals surface area contributed by atoms with Crippen LogP contribution in [0.4, 0.5) is 0 Å². The zero-order valence-corrected chi connectivity index (χ0v) is 13.4. The van der Waals surface area contributed by atoms with E-state index < -0.39 is 0 Å². The van der Waals surface area contributed by atoms with E-state index in [1.807, 2.05) is 35.0 Å². The Morgan fingerprint density at radius 2 is 1.79 bits per heavy atom. The van der Waals surface area contributed by atoms with Crippen LogP contribution in [-0.2, 0) is 13.2 Å². The fraction of sp³-hybridized carbons (Fsp3) is 0.150. The van der Waals surface area contributed by atoms with Gasteiger partial charge in [-0.2, -0.15) is 5.10 Å². The molecule has 4 rings (SSSR count). The van der Waals surface area contributed by atoms with Gasteiger partial charge in [0.15, 0.2) is 5.76 Å². The molecule has 4 aromatic rings. The highest BCUT2D eigenvalue weighted by molar-refractivity contribution is 5.92. The number of benzene rings is 2. The van der Waals surface area contributed by atoms with Gasteiger partial charge in [0.2, 0.25) is 0 Å². The summed E-state index contributed by atoms with van der Waals surface area (Å²) in [6.45, 7) is 2.71. The van der Waals surface area contributed by atoms with E-state index in [1.54, 1.807) is 6.07 Å². The molecule has 120 valence electrons. The lowest BCUT2D eigenvalue weighted by molar-refractivity contribution is 0.248. The van der Waals surface area contributed by atoms with Gasteiger partial charge in [-0.25, -0.2) is 0 Å².